The van der Waals surface area contributed by atoms with E-state index in [1.807, 2.05) is 19.1 Å². The van der Waals surface area contributed by atoms with Crippen LogP contribution in [0.25, 0.3) is 10.9 Å². The van der Waals surface area contributed by atoms with Gasteiger partial charge in [-0.3, -0.25) is 4.98 Å². The number of aromatic nitrogens is 1. The van der Waals surface area contributed by atoms with Crippen molar-refractivity contribution in [2.75, 3.05) is 0 Å². The van der Waals surface area contributed by atoms with Crippen LogP contribution < -0.4 is 4.91 Å². The molecule has 2 rings (SSSR count). The zero-order valence-electron chi connectivity index (χ0n) is 10.8. The van der Waals surface area contributed by atoms with E-state index >= 15 is 0 Å². The SMILES string of the molecule is CCCCc1ccc2nc(C)cc(N=[N+]=N)c2c1. The number of benzene rings is 1. The first-order valence-corrected chi connectivity index (χ1v) is 6.22. The molecule has 0 atom stereocenters. The fourth-order valence-electron chi connectivity index (χ4n) is 2.06. The van der Waals surface area contributed by atoms with Crippen LogP contribution in [0.4, 0.5) is 5.69 Å². The van der Waals surface area contributed by atoms with E-state index in [9.17, 15) is 0 Å². The first-order valence-electron chi connectivity index (χ1n) is 6.22. The number of unbranched alkanes of at least 4 members (excludes halogenated alkanes) is 1. The average molecular weight is 241 g/mol. The van der Waals surface area contributed by atoms with E-state index in [2.05, 4.69) is 34.1 Å². The van der Waals surface area contributed by atoms with Crippen molar-refractivity contribution in [3.05, 3.63) is 35.5 Å². The van der Waals surface area contributed by atoms with Crippen LogP contribution in [-0.4, -0.2) is 4.98 Å². The number of fused-ring (bicyclic) bond motifs is 1. The van der Waals surface area contributed by atoms with Crippen LogP contribution in [0.2, 0.25) is 0 Å². The maximum Gasteiger partial charge on any atom is 0.220 e. The minimum atomic E-state index is 0.728. The zero-order valence-corrected chi connectivity index (χ0v) is 10.8. The number of hydrogen-bond acceptors (Lipinski definition) is 3. The minimum absolute atomic E-state index is 0.728. The van der Waals surface area contributed by atoms with Crippen molar-refractivity contribution >= 4 is 16.6 Å². The van der Waals surface area contributed by atoms with Crippen LogP contribution in [0.1, 0.15) is 31.0 Å². The van der Waals surface area contributed by atoms with Crippen molar-refractivity contribution in [1.29, 1.82) is 5.53 Å². The van der Waals surface area contributed by atoms with E-state index in [-0.39, 0.29) is 0 Å². The van der Waals surface area contributed by atoms with Crippen LogP contribution in [0, 0.1) is 12.5 Å². The van der Waals surface area contributed by atoms with Crippen molar-refractivity contribution in [3.63, 3.8) is 0 Å². The molecular weight excluding hydrogens is 224 g/mol. The lowest BCUT2D eigenvalue weighted by atomic mass is 10.0. The summed E-state index contributed by atoms with van der Waals surface area (Å²) in [7, 11) is 0. The van der Waals surface area contributed by atoms with Crippen molar-refractivity contribution in [2.45, 2.75) is 33.1 Å². The average Bonchev–Trinajstić information content (AvgIpc) is 2.37. The number of aryl methyl sites for hydroxylation is 2. The molecule has 4 nitrogen and oxygen atoms in total. The maximum atomic E-state index is 6.89. The van der Waals surface area contributed by atoms with E-state index in [0.717, 1.165) is 28.7 Å². The van der Waals surface area contributed by atoms with Crippen LogP contribution in [0.5, 0.6) is 0 Å². The van der Waals surface area contributed by atoms with Crippen LogP contribution in [0.15, 0.2) is 29.4 Å². The second-order valence-electron chi connectivity index (χ2n) is 4.44. The fourth-order valence-corrected chi connectivity index (χ4v) is 2.06. The number of nitrogens with zero attached hydrogens (tertiary/aromatic N) is 3. The highest BCUT2D eigenvalue weighted by Gasteiger charge is 2.08. The molecule has 92 valence electrons. The molecule has 2 aromatic rings. The van der Waals surface area contributed by atoms with Gasteiger partial charge >= 0.3 is 0 Å². The van der Waals surface area contributed by atoms with Gasteiger partial charge < -0.3 is 0 Å². The topological polar surface area (TPSA) is 63.2 Å². The third-order valence-electron chi connectivity index (χ3n) is 2.96. The summed E-state index contributed by atoms with van der Waals surface area (Å²) in [4.78, 5) is 7.61. The van der Waals surface area contributed by atoms with Gasteiger partial charge in [-0.2, -0.15) is 0 Å². The highest BCUT2D eigenvalue weighted by atomic mass is 15.1. The van der Waals surface area contributed by atoms with E-state index in [1.54, 1.807) is 0 Å². The van der Waals surface area contributed by atoms with Crippen LogP contribution in [0.3, 0.4) is 0 Å². The molecule has 1 N–H and O–H groups in total. The molecule has 1 aromatic heterocycles. The summed E-state index contributed by atoms with van der Waals surface area (Å²) in [6.07, 6.45) is 3.43. The molecule has 0 aliphatic carbocycles. The summed E-state index contributed by atoms with van der Waals surface area (Å²) in [6.45, 7) is 4.11. The van der Waals surface area contributed by atoms with Gasteiger partial charge in [-0.15, -0.1) is 0 Å². The second-order valence-corrected chi connectivity index (χ2v) is 4.44. The normalized spacial score (nSPS) is 10.3. The van der Waals surface area contributed by atoms with Crippen molar-refractivity contribution < 1.29 is 0 Å². The molecule has 0 fully saturated rings. The number of pyridine rings is 1. The summed E-state index contributed by atoms with van der Waals surface area (Å²) in [6, 6.07) is 8.12. The second kappa shape index (κ2) is 5.52. The van der Waals surface area contributed by atoms with Crippen molar-refractivity contribution in [2.24, 2.45) is 5.11 Å². The van der Waals surface area contributed by atoms with Crippen LogP contribution >= 0.6 is 0 Å². The lowest BCUT2D eigenvalue weighted by molar-refractivity contribution is 0.796. The highest BCUT2D eigenvalue weighted by molar-refractivity contribution is 5.90. The Morgan fingerprint density at radius 1 is 1.33 bits per heavy atom. The third-order valence-corrected chi connectivity index (χ3v) is 2.96. The quantitative estimate of drug-likeness (QED) is 0.636. The Morgan fingerprint density at radius 3 is 2.89 bits per heavy atom. The molecular formula is C14H17N4+. The fraction of sp³-hybridized carbons (Fsp3) is 0.357. The van der Waals surface area contributed by atoms with Gasteiger partial charge in [0.1, 0.15) is 5.53 Å². The lowest BCUT2D eigenvalue weighted by Crippen LogP contribution is -1.89. The Kier molecular flexibility index (Phi) is 3.80. The Balaban J connectivity index is 2.55. The summed E-state index contributed by atoms with van der Waals surface area (Å²) in [5.41, 5.74) is 10.7. The van der Waals surface area contributed by atoms with Crippen molar-refractivity contribution in [1.82, 2.24) is 9.90 Å². The third kappa shape index (κ3) is 2.60. The molecule has 0 spiro atoms. The number of hydrogen-bond donors (Lipinski definition) is 1. The molecule has 4 heteroatoms. The van der Waals surface area contributed by atoms with Crippen molar-refractivity contribution in [3.8, 4) is 0 Å². The van der Waals surface area contributed by atoms with Crippen LogP contribution in [-0.2, 0) is 6.42 Å². The molecule has 0 radical (unpaired) electrons. The lowest BCUT2D eigenvalue weighted by Gasteiger charge is -2.04. The van der Waals surface area contributed by atoms with Gasteiger partial charge in [0.05, 0.1) is 5.52 Å². The molecule has 1 heterocycles. The van der Waals surface area contributed by atoms with Gasteiger partial charge in [0, 0.05) is 11.1 Å². The molecule has 0 aliphatic heterocycles. The zero-order chi connectivity index (χ0) is 13.0. The Morgan fingerprint density at radius 2 is 2.17 bits per heavy atom. The van der Waals surface area contributed by atoms with Gasteiger partial charge in [-0.1, -0.05) is 19.4 Å². The van der Waals surface area contributed by atoms with E-state index < -0.39 is 0 Å². The van der Waals surface area contributed by atoms with E-state index in [1.165, 1.54) is 18.4 Å². The predicted octanol–water partition coefficient (Wildman–Crippen LogP) is 4.07. The molecule has 0 aliphatic rings. The highest BCUT2D eigenvalue weighted by Crippen LogP contribution is 2.26. The molecule has 0 saturated carbocycles. The largest absolute Gasteiger partial charge is 0.253 e. The summed E-state index contributed by atoms with van der Waals surface area (Å²) >= 11 is 0. The molecule has 0 unspecified atom stereocenters. The monoisotopic (exact) mass is 241 g/mol. The maximum absolute atomic E-state index is 6.89. The number of rotatable bonds is 4. The molecule has 0 bridgehead atoms. The summed E-state index contributed by atoms with van der Waals surface area (Å²) in [5.74, 6) is 0. The van der Waals surface area contributed by atoms with Gasteiger partial charge in [0.2, 0.25) is 4.91 Å². The smallest absolute Gasteiger partial charge is 0.220 e. The molecule has 1 aromatic carbocycles. The van der Waals surface area contributed by atoms with E-state index in [0.29, 0.717) is 0 Å². The molecule has 0 saturated heterocycles. The van der Waals surface area contributed by atoms with E-state index in [4.69, 9.17) is 5.53 Å². The Labute approximate surface area is 106 Å². The van der Waals surface area contributed by atoms with Gasteiger partial charge in [-0.05, 0) is 43.5 Å². The van der Waals surface area contributed by atoms with Gasteiger partial charge in [-0.25, -0.2) is 0 Å². The Bertz CT molecular complexity index is 612. The molecule has 18 heavy (non-hydrogen) atoms. The number of nitrogens with one attached hydrogen (secondary N) is 1. The summed E-state index contributed by atoms with van der Waals surface area (Å²) < 4.78 is 0. The van der Waals surface area contributed by atoms with Gasteiger partial charge in [0.25, 0.3) is 0 Å². The predicted molar refractivity (Wildman–Crippen MR) is 72.0 cm³/mol. The summed E-state index contributed by atoms with van der Waals surface area (Å²) in [5, 5.41) is 4.85. The minimum Gasteiger partial charge on any atom is -0.253 e. The first kappa shape index (κ1) is 12.4. The Hall–Kier alpha value is -2.06. The first-order chi connectivity index (χ1) is 8.74. The van der Waals surface area contributed by atoms with Gasteiger partial charge in [0.15, 0.2) is 10.8 Å². The molecule has 0 amide bonds. The standard InChI is InChI=1S/C14H17N4/c1-3-4-5-11-6-7-13-12(9-11)14(17-18-15)8-10(2)16-13/h6-9,15H,3-5H2,1-2H3/q+1.